The van der Waals surface area contributed by atoms with Gasteiger partial charge in [0, 0.05) is 8.80 Å². The Morgan fingerprint density at radius 2 is 1.75 bits per heavy atom. The minimum Gasteiger partial charge on any atom is -0.320 e. The van der Waals surface area contributed by atoms with Gasteiger partial charge in [-0.2, -0.15) is 0 Å². The van der Waals surface area contributed by atoms with Gasteiger partial charge in [0.05, 0.1) is 0 Å². The van der Waals surface area contributed by atoms with Crippen LogP contribution in [0.3, 0.4) is 0 Å². The molecular weight excluding hydrogens is 162 g/mol. The molecule has 1 atom stereocenters. The minimum absolute atomic E-state index is 0.502. The smallest absolute Gasteiger partial charge is 0.0435 e. The molecule has 1 unspecified atom stereocenters. The summed E-state index contributed by atoms with van der Waals surface area (Å²) in [5.41, 5.74) is 0. The van der Waals surface area contributed by atoms with Gasteiger partial charge in [0.15, 0.2) is 0 Å². The predicted octanol–water partition coefficient (Wildman–Crippen LogP) is 2.64. The number of nitrogens with one attached hydrogen (secondary N) is 1. The first-order valence-corrected chi connectivity index (χ1v) is 7.38. The van der Waals surface area contributed by atoms with Crippen LogP contribution < -0.4 is 5.32 Å². The van der Waals surface area contributed by atoms with E-state index in [1.807, 2.05) is 0 Å². The fourth-order valence-electron chi connectivity index (χ4n) is 1.68. The van der Waals surface area contributed by atoms with Crippen LogP contribution in [0, 0.1) is 0 Å². The summed E-state index contributed by atoms with van der Waals surface area (Å²) in [4.78, 5) is 0. The highest BCUT2D eigenvalue weighted by atomic mass is 28.3. The molecule has 0 radical (unpaired) electrons. The lowest BCUT2D eigenvalue weighted by atomic mass is 10.2. The van der Waals surface area contributed by atoms with Crippen molar-refractivity contribution in [3.05, 3.63) is 0 Å². The Kier molecular flexibility index (Phi) is 5.84. The van der Waals surface area contributed by atoms with Crippen molar-refractivity contribution in [2.45, 2.75) is 51.2 Å². The minimum atomic E-state index is -0.502. The van der Waals surface area contributed by atoms with E-state index in [9.17, 15) is 0 Å². The molecule has 12 heavy (non-hydrogen) atoms. The van der Waals surface area contributed by atoms with E-state index in [-0.39, 0.29) is 0 Å². The molecule has 0 saturated heterocycles. The average molecular weight is 187 g/mol. The Morgan fingerprint density at radius 3 is 2.08 bits per heavy atom. The van der Waals surface area contributed by atoms with Crippen LogP contribution in [-0.2, 0) is 0 Å². The van der Waals surface area contributed by atoms with Gasteiger partial charge >= 0.3 is 0 Å². The summed E-state index contributed by atoms with van der Waals surface area (Å²) >= 11 is 0. The largest absolute Gasteiger partial charge is 0.320 e. The zero-order valence-electron chi connectivity index (χ0n) is 9.41. The first-order chi connectivity index (χ1) is 5.52. The lowest BCUT2D eigenvalue weighted by molar-refractivity contribution is 0.710. The Bertz CT molecular complexity index is 107. The van der Waals surface area contributed by atoms with Gasteiger partial charge in [-0.25, -0.2) is 0 Å². The molecule has 1 nitrogen and oxygen atoms in total. The monoisotopic (exact) mass is 187 g/mol. The van der Waals surface area contributed by atoms with E-state index < -0.39 is 8.80 Å². The Morgan fingerprint density at radius 1 is 1.17 bits per heavy atom. The summed E-state index contributed by atoms with van der Waals surface area (Å²) in [6.07, 6.45) is 1.37. The third-order valence-corrected chi connectivity index (χ3v) is 7.31. The fraction of sp³-hybridized carbons (Fsp3) is 1.00. The topological polar surface area (TPSA) is 12.0 Å². The SMILES string of the molecule is CCC[SiH](CCNC)C(C)(C)C. The van der Waals surface area contributed by atoms with Gasteiger partial charge in [-0.15, -0.1) is 0 Å². The third kappa shape index (κ3) is 4.94. The van der Waals surface area contributed by atoms with Crippen molar-refractivity contribution in [2.24, 2.45) is 0 Å². The molecule has 0 aromatic heterocycles. The summed E-state index contributed by atoms with van der Waals surface area (Å²) in [7, 11) is 1.55. The highest BCUT2D eigenvalue weighted by Crippen LogP contribution is 2.31. The quantitative estimate of drug-likeness (QED) is 0.653. The van der Waals surface area contributed by atoms with E-state index in [1.54, 1.807) is 0 Å². The molecule has 0 fully saturated rings. The molecule has 0 heterocycles. The zero-order chi connectivity index (χ0) is 9.61. The highest BCUT2D eigenvalue weighted by Gasteiger charge is 2.24. The predicted molar refractivity (Wildman–Crippen MR) is 60.7 cm³/mol. The van der Waals surface area contributed by atoms with Crippen LogP contribution in [-0.4, -0.2) is 22.4 Å². The number of hydrogen-bond acceptors (Lipinski definition) is 1. The van der Waals surface area contributed by atoms with E-state index in [4.69, 9.17) is 0 Å². The molecular formula is C10H25NSi. The normalized spacial score (nSPS) is 14.8. The van der Waals surface area contributed by atoms with Crippen LogP contribution in [0.1, 0.15) is 34.1 Å². The van der Waals surface area contributed by atoms with Crippen molar-refractivity contribution in [3.63, 3.8) is 0 Å². The molecule has 0 aromatic rings. The summed E-state index contributed by atoms with van der Waals surface area (Å²) in [6, 6.07) is 2.96. The second-order valence-electron chi connectivity index (χ2n) is 4.74. The fourth-order valence-corrected chi connectivity index (χ4v) is 5.03. The van der Waals surface area contributed by atoms with E-state index in [2.05, 4.69) is 40.1 Å². The molecule has 0 rings (SSSR count). The average Bonchev–Trinajstić information content (AvgIpc) is 1.95. The molecule has 0 bridgehead atoms. The molecule has 0 aliphatic rings. The molecule has 0 saturated carbocycles. The van der Waals surface area contributed by atoms with Gasteiger partial charge < -0.3 is 5.32 Å². The van der Waals surface area contributed by atoms with Crippen molar-refractivity contribution in [1.82, 2.24) is 5.32 Å². The van der Waals surface area contributed by atoms with Gasteiger partial charge in [0.1, 0.15) is 0 Å². The lowest BCUT2D eigenvalue weighted by Gasteiger charge is -2.29. The van der Waals surface area contributed by atoms with E-state index in [0.717, 1.165) is 0 Å². The van der Waals surface area contributed by atoms with Crippen LogP contribution in [0.5, 0.6) is 0 Å². The van der Waals surface area contributed by atoms with Gasteiger partial charge in [-0.1, -0.05) is 40.2 Å². The van der Waals surface area contributed by atoms with E-state index >= 15 is 0 Å². The Labute approximate surface area is 79.6 Å². The van der Waals surface area contributed by atoms with Crippen LogP contribution in [0.15, 0.2) is 0 Å². The van der Waals surface area contributed by atoms with Crippen molar-refractivity contribution in [3.8, 4) is 0 Å². The first-order valence-electron chi connectivity index (χ1n) is 5.17. The Balaban J connectivity index is 3.86. The summed E-state index contributed by atoms with van der Waals surface area (Å²) < 4.78 is 0. The third-order valence-electron chi connectivity index (χ3n) is 2.60. The van der Waals surface area contributed by atoms with Crippen LogP contribution in [0.2, 0.25) is 17.1 Å². The Hall–Kier alpha value is 0.177. The number of hydrogen-bond donors (Lipinski definition) is 1. The van der Waals surface area contributed by atoms with Crippen molar-refractivity contribution < 1.29 is 0 Å². The maximum atomic E-state index is 3.26. The highest BCUT2D eigenvalue weighted by molar-refractivity contribution is 6.62. The zero-order valence-corrected chi connectivity index (χ0v) is 10.6. The molecule has 0 spiro atoms. The van der Waals surface area contributed by atoms with Crippen LogP contribution in [0.4, 0.5) is 0 Å². The maximum Gasteiger partial charge on any atom is 0.0435 e. The van der Waals surface area contributed by atoms with Crippen LogP contribution >= 0.6 is 0 Å². The standard InChI is InChI=1S/C10H25NSi/c1-6-8-12(9-7-11-5)10(2,3)4/h11-12H,6-9H2,1-5H3. The van der Waals surface area contributed by atoms with E-state index in [1.165, 1.54) is 25.1 Å². The van der Waals surface area contributed by atoms with Crippen molar-refractivity contribution >= 4 is 8.80 Å². The first kappa shape index (κ1) is 12.2. The molecule has 0 aromatic carbocycles. The second kappa shape index (κ2) is 5.76. The summed E-state index contributed by atoms with van der Waals surface area (Å²) in [5, 5.41) is 3.88. The second-order valence-corrected chi connectivity index (χ2v) is 9.02. The molecule has 0 amide bonds. The van der Waals surface area contributed by atoms with Gasteiger partial charge in [-0.05, 0) is 24.7 Å². The lowest BCUT2D eigenvalue weighted by Crippen LogP contribution is -2.28. The molecule has 74 valence electrons. The van der Waals surface area contributed by atoms with Gasteiger partial charge in [0.25, 0.3) is 0 Å². The maximum absolute atomic E-state index is 3.26. The van der Waals surface area contributed by atoms with Gasteiger partial charge in [0.2, 0.25) is 0 Å². The molecule has 0 aliphatic heterocycles. The van der Waals surface area contributed by atoms with Crippen LogP contribution in [0.25, 0.3) is 0 Å². The molecule has 2 heteroatoms. The summed E-state index contributed by atoms with van der Waals surface area (Å²) in [5.74, 6) is 0. The summed E-state index contributed by atoms with van der Waals surface area (Å²) in [6.45, 7) is 10.8. The van der Waals surface area contributed by atoms with Gasteiger partial charge in [-0.3, -0.25) is 0 Å². The van der Waals surface area contributed by atoms with Crippen molar-refractivity contribution in [1.29, 1.82) is 0 Å². The van der Waals surface area contributed by atoms with E-state index in [0.29, 0.717) is 5.04 Å². The molecule has 0 aliphatic carbocycles. The number of rotatable bonds is 5. The molecule has 1 N–H and O–H groups in total. The van der Waals surface area contributed by atoms with Crippen molar-refractivity contribution in [2.75, 3.05) is 13.6 Å².